The van der Waals surface area contributed by atoms with Crippen molar-refractivity contribution in [3.05, 3.63) is 36.2 Å². The highest BCUT2D eigenvalue weighted by molar-refractivity contribution is 5.52. The standard InChI is InChI=1S/C19H25N3O2/c1-14(18-20-19(24-21-18)16-6-3-2-4-7-16)22-10-11-23-13-17(12-22)15-8-5-9-15/h2-4,6-7,14-15,17H,5,8-13H2,1H3. The van der Waals surface area contributed by atoms with E-state index in [1.165, 1.54) is 19.3 Å². The molecule has 5 nitrogen and oxygen atoms in total. The highest BCUT2D eigenvalue weighted by Gasteiger charge is 2.33. The van der Waals surface area contributed by atoms with Crippen molar-refractivity contribution in [2.45, 2.75) is 32.2 Å². The van der Waals surface area contributed by atoms with Crippen LogP contribution in [0.1, 0.15) is 38.1 Å². The van der Waals surface area contributed by atoms with Crippen molar-refractivity contribution >= 4 is 0 Å². The molecule has 1 aromatic carbocycles. The molecule has 1 aliphatic carbocycles. The summed E-state index contributed by atoms with van der Waals surface area (Å²) < 4.78 is 11.3. The lowest BCUT2D eigenvalue weighted by Gasteiger charge is -2.36. The SMILES string of the molecule is CC(c1noc(-c2ccccc2)n1)N1CCOCC(C2CCC2)C1. The summed E-state index contributed by atoms with van der Waals surface area (Å²) >= 11 is 0. The quantitative estimate of drug-likeness (QED) is 0.859. The molecule has 24 heavy (non-hydrogen) atoms. The lowest BCUT2D eigenvalue weighted by atomic mass is 9.76. The van der Waals surface area contributed by atoms with Gasteiger partial charge >= 0.3 is 0 Å². The molecule has 0 bridgehead atoms. The zero-order valence-corrected chi connectivity index (χ0v) is 14.2. The van der Waals surface area contributed by atoms with E-state index in [1.807, 2.05) is 30.3 Å². The van der Waals surface area contributed by atoms with Gasteiger partial charge < -0.3 is 9.26 Å². The van der Waals surface area contributed by atoms with Gasteiger partial charge in [0.15, 0.2) is 5.82 Å². The normalized spacial score (nSPS) is 24.3. The molecule has 1 aromatic heterocycles. The van der Waals surface area contributed by atoms with E-state index >= 15 is 0 Å². The van der Waals surface area contributed by atoms with Crippen LogP contribution in [0.15, 0.2) is 34.9 Å². The summed E-state index contributed by atoms with van der Waals surface area (Å²) in [6.45, 7) is 5.86. The van der Waals surface area contributed by atoms with Crippen molar-refractivity contribution in [1.82, 2.24) is 15.0 Å². The summed E-state index contributed by atoms with van der Waals surface area (Å²) in [5.74, 6) is 2.84. The summed E-state index contributed by atoms with van der Waals surface area (Å²) in [4.78, 5) is 7.08. The molecule has 128 valence electrons. The van der Waals surface area contributed by atoms with E-state index in [1.54, 1.807) is 0 Å². The van der Waals surface area contributed by atoms with Crippen LogP contribution in [0, 0.1) is 11.8 Å². The second-order valence-electron chi connectivity index (χ2n) is 7.02. The Kier molecular flexibility index (Phi) is 4.63. The fourth-order valence-electron chi connectivity index (χ4n) is 3.68. The molecule has 1 saturated carbocycles. The van der Waals surface area contributed by atoms with Crippen LogP contribution >= 0.6 is 0 Å². The van der Waals surface area contributed by atoms with Gasteiger partial charge in [-0.1, -0.05) is 42.6 Å². The van der Waals surface area contributed by atoms with Crippen molar-refractivity contribution in [2.24, 2.45) is 11.8 Å². The number of aromatic nitrogens is 2. The average Bonchev–Trinajstić information content (AvgIpc) is 2.94. The van der Waals surface area contributed by atoms with Crippen LogP contribution < -0.4 is 0 Å². The maximum Gasteiger partial charge on any atom is 0.257 e. The van der Waals surface area contributed by atoms with Gasteiger partial charge in [0.05, 0.1) is 19.3 Å². The van der Waals surface area contributed by atoms with Gasteiger partial charge in [0.25, 0.3) is 5.89 Å². The first kappa shape index (κ1) is 15.8. The Morgan fingerprint density at radius 3 is 2.75 bits per heavy atom. The van der Waals surface area contributed by atoms with Gasteiger partial charge in [0.1, 0.15) is 0 Å². The van der Waals surface area contributed by atoms with Crippen LogP contribution in [0.4, 0.5) is 0 Å². The van der Waals surface area contributed by atoms with Crippen molar-refractivity contribution in [1.29, 1.82) is 0 Å². The Hall–Kier alpha value is -1.72. The minimum absolute atomic E-state index is 0.149. The minimum Gasteiger partial charge on any atom is -0.380 e. The Bertz CT molecular complexity index is 654. The first-order chi connectivity index (χ1) is 11.8. The van der Waals surface area contributed by atoms with Crippen molar-refractivity contribution in [3.8, 4) is 11.5 Å². The Balaban J connectivity index is 1.48. The molecule has 1 aliphatic heterocycles. The summed E-state index contributed by atoms with van der Waals surface area (Å²) in [7, 11) is 0. The third-order valence-electron chi connectivity index (χ3n) is 5.52. The summed E-state index contributed by atoms with van der Waals surface area (Å²) in [6, 6.07) is 10.1. The maximum atomic E-state index is 5.85. The lowest BCUT2D eigenvalue weighted by molar-refractivity contribution is 0.0761. The number of hydrogen-bond acceptors (Lipinski definition) is 5. The summed E-state index contributed by atoms with van der Waals surface area (Å²) in [5.41, 5.74) is 0.968. The molecule has 0 radical (unpaired) electrons. The maximum absolute atomic E-state index is 5.85. The molecule has 2 unspecified atom stereocenters. The Morgan fingerprint density at radius 1 is 1.17 bits per heavy atom. The second kappa shape index (κ2) is 7.03. The van der Waals surface area contributed by atoms with E-state index < -0.39 is 0 Å². The van der Waals surface area contributed by atoms with Crippen LogP contribution in [0.3, 0.4) is 0 Å². The second-order valence-corrected chi connectivity index (χ2v) is 7.02. The summed E-state index contributed by atoms with van der Waals surface area (Å²) in [5, 5.41) is 4.23. The highest BCUT2D eigenvalue weighted by Crippen LogP contribution is 2.36. The van der Waals surface area contributed by atoms with E-state index in [2.05, 4.69) is 22.0 Å². The van der Waals surface area contributed by atoms with Crippen LogP contribution in [0.5, 0.6) is 0 Å². The highest BCUT2D eigenvalue weighted by atomic mass is 16.5. The van der Waals surface area contributed by atoms with Gasteiger partial charge in [-0.15, -0.1) is 0 Å². The third kappa shape index (κ3) is 3.23. The van der Waals surface area contributed by atoms with E-state index in [0.29, 0.717) is 11.8 Å². The molecule has 4 rings (SSSR count). The lowest BCUT2D eigenvalue weighted by Crippen LogP contribution is -2.37. The molecule has 2 atom stereocenters. The molecular formula is C19H25N3O2. The number of benzene rings is 1. The fraction of sp³-hybridized carbons (Fsp3) is 0.579. The van der Waals surface area contributed by atoms with Gasteiger partial charge in [0.2, 0.25) is 0 Å². The monoisotopic (exact) mass is 327 g/mol. The average molecular weight is 327 g/mol. The molecule has 2 heterocycles. The number of nitrogens with zero attached hydrogens (tertiary/aromatic N) is 3. The van der Waals surface area contributed by atoms with E-state index in [4.69, 9.17) is 9.26 Å². The van der Waals surface area contributed by atoms with Crippen LogP contribution in [0.2, 0.25) is 0 Å². The molecule has 0 spiro atoms. The summed E-state index contributed by atoms with van der Waals surface area (Å²) in [6.07, 6.45) is 4.09. The molecule has 0 amide bonds. The third-order valence-corrected chi connectivity index (χ3v) is 5.52. The molecule has 5 heteroatoms. The number of rotatable bonds is 4. The topological polar surface area (TPSA) is 51.4 Å². The van der Waals surface area contributed by atoms with Gasteiger partial charge in [-0.3, -0.25) is 4.90 Å². The van der Waals surface area contributed by atoms with Gasteiger partial charge in [-0.05, 0) is 30.9 Å². The molecule has 0 N–H and O–H groups in total. The molecule has 2 aromatic rings. The molecule has 2 aliphatic rings. The first-order valence-electron chi connectivity index (χ1n) is 9.02. The zero-order chi connectivity index (χ0) is 16.4. The van der Waals surface area contributed by atoms with Crippen molar-refractivity contribution in [2.75, 3.05) is 26.3 Å². The van der Waals surface area contributed by atoms with E-state index in [-0.39, 0.29) is 6.04 Å². The van der Waals surface area contributed by atoms with Gasteiger partial charge in [-0.25, -0.2) is 0 Å². The fourth-order valence-corrected chi connectivity index (χ4v) is 3.68. The van der Waals surface area contributed by atoms with Crippen LogP contribution in [-0.4, -0.2) is 41.3 Å². The molecule has 2 fully saturated rings. The largest absolute Gasteiger partial charge is 0.380 e. The van der Waals surface area contributed by atoms with Crippen molar-refractivity contribution in [3.63, 3.8) is 0 Å². The predicted molar refractivity (Wildman–Crippen MR) is 91.4 cm³/mol. The number of hydrogen-bond donors (Lipinski definition) is 0. The minimum atomic E-state index is 0.149. The van der Waals surface area contributed by atoms with Crippen molar-refractivity contribution < 1.29 is 9.26 Å². The van der Waals surface area contributed by atoms with Crippen LogP contribution in [0.25, 0.3) is 11.5 Å². The van der Waals surface area contributed by atoms with Gasteiger partial charge in [0, 0.05) is 18.7 Å². The smallest absolute Gasteiger partial charge is 0.257 e. The zero-order valence-electron chi connectivity index (χ0n) is 14.2. The first-order valence-corrected chi connectivity index (χ1v) is 9.02. The van der Waals surface area contributed by atoms with E-state index in [9.17, 15) is 0 Å². The Morgan fingerprint density at radius 2 is 2.00 bits per heavy atom. The van der Waals surface area contributed by atoms with Crippen LogP contribution in [-0.2, 0) is 4.74 Å². The predicted octanol–water partition coefficient (Wildman–Crippen LogP) is 3.55. The Labute approximate surface area is 143 Å². The number of ether oxygens (including phenoxy) is 1. The molecule has 1 saturated heterocycles. The molecular weight excluding hydrogens is 302 g/mol. The van der Waals surface area contributed by atoms with E-state index in [0.717, 1.165) is 43.6 Å². The van der Waals surface area contributed by atoms with Gasteiger partial charge in [-0.2, -0.15) is 4.98 Å².